The number of halogens is 2. The van der Waals surface area contributed by atoms with Gasteiger partial charge in [-0.1, -0.05) is 35.3 Å². The van der Waals surface area contributed by atoms with E-state index in [2.05, 4.69) is 20.2 Å². The summed E-state index contributed by atoms with van der Waals surface area (Å²) in [7, 11) is 0. The van der Waals surface area contributed by atoms with Crippen LogP contribution >= 0.6 is 35.4 Å². The summed E-state index contributed by atoms with van der Waals surface area (Å²) in [6, 6.07) is 18.7. The van der Waals surface area contributed by atoms with Crippen molar-refractivity contribution in [1.82, 2.24) is 20.2 Å². The van der Waals surface area contributed by atoms with E-state index >= 15 is 0 Å². The summed E-state index contributed by atoms with van der Waals surface area (Å²) in [5, 5.41) is 5.18. The summed E-state index contributed by atoms with van der Waals surface area (Å²) in [6.07, 6.45) is 5.38. The third-order valence-electron chi connectivity index (χ3n) is 5.39. The molecule has 8 heteroatoms. The highest BCUT2D eigenvalue weighted by Crippen LogP contribution is 2.42. The van der Waals surface area contributed by atoms with Crippen LogP contribution in [0.15, 0.2) is 83.7 Å². The molecule has 2 atom stereocenters. The molecule has 0 aliphatic carbocycles. The van der Waals surface area contributed by atoms with Gasteiger partial charge in [-0.05, 0) is 66.3 Å². The number of pyridine rings is 2. The zero-order chi connectivity index (χ0) is 22.1. The van der Waals surface area contributed by atoms with E-state index < -0.39 is 0 Å². The predicted molar refractivity (Wildman–Crippen MR) is 129 cm³/mol. The van der Waals surface area contributed by atoms with Crippen molar-refractivity contribution < 1.29 is 4.42 Å². The first-order valence-electron chi connectivity index (χ1n) is 10.0. The molecule has 0 spiro atoms. The molecular formula is C24H18Cl2N4OS. The van der Waals surface area contributed by atoms with Gasteiger partial charge in [0.15, 0.2) is 5.11 Å². The molecule has 160 valence electrons. The number of furan rings is 1. The summed E-state index contributed by atoms with van der Waals surface area (Å²) in [4.78, 5) is 10.9. The van der Waals surface area contributed by atoms with Crippen LogP contribution in [-0.4, -0.2) is 20.0 Å². The first-order chi connectivity index (χ1) is 15.6. The van der Waals surface area contributed by atoms with E-state index in [1.165, 1.54) is 0 Å². The fourth-order valence-electron chi connectivity index (χ4n) is 3.92. The Morgan fingerprint density at radius 3 is 2.69 bits per heavy atom. The highest BCUT2D eigenvalue weighted by atomic mass is 35.5. The van der Waals surface area contributed by atoms with Crippen LogP contribution in [0.1, 0.15) is 29.1 Å². The summed E-state index contributed by atoms with van der Waals surface area (Å²) in [6.45, 7) is 0.589. The number of benzene rings is 1. The molecule has 0 radical (unpaired) electrons. The Labute approximate surface area is 201 Å². The van der Waals surface area contributed by atoms with Gasteiger partial charge in [0.1, 0.15) is 17.6 Å². The molecule has 1 N–H and O–H groups in total. The lowest BCUT2D eigenvalue weighted by atomic mass is 10.0. The maximum absolute atomic E-state index is 6.41. The van der Waals surface area contributed by atoms with Gasteiger partial charge < -0.3 is 14.6 Å². The second kappa shape index (κ2) is 8.90. The lowest BCUT2D eigenvalue weighted by molar-refractivity contribution is 0.269. The van der Waals surface area contributed by atoms with Gasteiger partial charge >= 0.3 is 0 Å². The average molecular weight is 481 g/mol. The van der Waals surface area contributed by atoms with Gasteiger partial charge in [-0.15, -0.1) is 0 Å². The first kappa shape index (κ1) is 20.9. The van der Waals surface area contributed by atoms with E-state index in [4.69, 9.17) is 39.8 Å². The van der Waals surface area contributed by atoms with Crippen molar-refractivity contribution in [2.45, 2.75) is 18.6 Å². The topological polar surface area (TPSA) is 54.2 Å². The number of thiocarbonyl (C=S) groups is 1. The normalized spacial score (nSPS) is 18.1. The minimum absolute atomic E-state index is 0.167. The van der Waals surface area contributed by atoms with Gasteiger partial charge in [-0.25, -0.2) is 0 Å². The molecule has 32 heavy (non-hydrogen) atoms. The third-order valence-corrected chi connectivity index (χ3v) is 6.29. The molecule has 5 rings (SSSR count). The third kappa shape index (κ3) is 4.09. The fraction of sp³-hybridized carbons (Fsp3) is 0.125. The van der Waals surface area contributed by atoms with Crippen molar-refractivity contribution in [3.8, 4) is 11.3 Å². The number of aromatic nitrogens is 2. The van der Waals surface area contributed by atoms with Crippen LogP contribution in [0.3, 0.4) is 0 Å². The van der Waals surface area contributed by atoms with E-state index in [0.717, 1.165) is 22.6 Å². The van der Waals surface area contributed by atoms with Crippen molar-refractivity contribution in [3.63, 3.8) is 0 Å². The molecule has 4 heterocycles. The molecule has 4 aromatic rings. The van der Waals surface area contributed by atoms with Gasteiger partial charge in [0.2, 0.25) is 0 Å². The Bertz CT molecular complexity index is 1250. The molecule has 0 bridgehead atoms. The van der Waals surface area contributed by atoms with Crippen molar-refractivity contribution in [3.05, 3.63) is 106 Å². The predicted octanol–water partition coefficient (Wildman–Crippen LogP) is 6.22. The van der Waals surface area contributed by atoms with E-state index in [1.54, 1.807) is 24.5 Å². The van der Waals surface area contributed by atoms with Crippen molar-refractivity contribution in [1.29, 1.82) is 0 Å². The first-order valence-corrected chi connectivity index (χ1v) is 11.2. The van der Waals surface area contributed by atoms with Crippen LogP contribution in [-0.2, 0) is 6.54 Å². The highest BCUT2D eigenvalue weighted by molar-refractivity contribution is 7.80. The quantitative estimate of drug-likeness (QED) is 0.342. The van der Waals surface area contributed by atoms with Gasteiger partial charge in [0.25, 0.3) is 0 Å². The lowest BCUT2D eigenvalue weighted by Gasteiger charge is -2.26. The molecule has 1 aliphatic heterocycles. The highest BCUT2D eigenvalue weighted by Gasteiger charge is 2.41. The van der Waals surface area contributed by atoms with E-state index in [0.29, 0.717) is 27.5 Å². The van der Waals surface area contributed by atoms with Crippen molar-refractivity contribution in [2.24, 2.45) is 0 Å². The molecule has 1 aliphatic rings. The van der Waals surface area contributed by atoms with Crippen molar-refractivity contribution in [2.75, 3.05) is 0 Å². The molecule has 1 aromatic carbocycles. The van der Waals surface area contributed by atoms with Gasteiger partial charge in [0, 0.05) is 35.7 Å². The van der Waals surface area contributed by atoms with Crippen LogP contribution in [0.4, 0.5) is 0 Å². The Hall–Kier alpha value is -2.93. The van der Waals surface area contributed by atoms with Crippen LogP contribution in [0.25, 0.3) is 11.3 Å². The summed E-state index contributed by atoms with van der Waals surface area (Å²) < 4.78 is 6.33. The van der Waals surface area contributed by atoms with Crippen LogP contribution < -0.4 is 5.32 Å². The number of nitrogens with zero attached hydrogens (tertiary/aromatic N) is 3. The zero-order valence-electron chi connectivity index (χ0n) is 16.8. The number of hydrogen-bond acceptors (Lipinski definition) is 4. The molecule has 5 nitrogen and oxygen atoms in total. The Kier molecular flexibility index (Phi) is 5.83. The Balaban J connectivity index is 1.55. The number of hydrogen-bond donors (Lipinski definition) is 1. The Morgan fingerprint density at radius 2 is 1.94 bits per heavy atom. The Morgan fingerprint density at radius 1 is 1.03 bits per heavy atom. The summed E-state index contributed by atoms with van der Waals surface area (Å²) in [5.41, 5.74) is 2.72. The standard InChI is InChI=1S/C24H18Cl2N4OS/c25-16-6-7-17(18(26)12-16)20-8-9-21(31-20)23-22(19-5-1-2-11-28-19)29-24(32)30(23)14-15-4-3-10-27-13-15/h1-13,22-23H,14H2,(H,29,32)/t22-,23+/m1/s1. The SMILES string of the molecule is S=C1N[C@H](c2ccccn2)[C@H](c2ccc(-c3ccc(Cl)cc3Cl)o2)N1Cc1cccnc1. The maximum atomic E-state index is 6.41. The fourth-order valence-corrected chi connectivity index (χ4v) is 4.73. The minimum Gasteiger partial charge on any atom is -0.459 e. The molecular weight excluding hydrogens is 463 g/mol. The number of nitrogens with one attached hydrogen (secondary N) is 1. The van der Waals surface area contributed by atoms with Crippen LogP contribution in [0.5, 0.6) is 0 Å². The minimum atomic E-state index is -0.197. The van der Waals surface area contributed by atoms with Gasteiger partial charge in [-0.2, -0.15) is 0 Å². The summed E-state index contributed by atoms with van der Waals surface area (Å²) in [5.74, 6) is 1.43. The van der Waals surface area contributed by atoms with E-state index in [-0.39, 0.29) is 12.1 Å². The number of rotatable bonds is 5. The zero-order valence-corrected chi connectivity index (χ0v) is 19.1. The summed E-state index contributed by atoms with van der Waals surface area (Å²) >= 11 is 18.2. The molecule has 0 saturated carbocycles. The second-order valence-corrected chi connectivity index (χ2v) is 8.67. The van der Waals surface area contributed by atoms with Gasteiger partial charge in [-0.3, -0.25) is 9.97 Å². The maximum Gasteiger partial charge on any atom is 0.170 e. The lowest BCUT2D eigenvalue weighted by Crippen LogP contribution is -2.29. The monoisotopic (exact) mass is 480 g/mol. The van der Waals surface area contributed by atoms with Crippen molar-refractivity contribution >= 4 is 40.5 Å². The molecule has 3 aromatic heterocycles. The molecule has 1 saturated heterocycles. The average Bonchev–Trinajstić information content (AvgIpc) is 3.40. The van der Waals surface area contributed by atoms with E-state index in [9.17, 15) is 0 Å². The molecule has 0 amide bonds. The van der Waals surface area contributed by atoms with Gasteiger partial charge in [0.05, 0.1) is 16.8 Å². The molecule has 0 unspecified atom stereocenters. The largest absolute Gasteiger partial charge is 0.459 e. The van der Waals surface area contributed by atoms with E-state index in [1.807, 2.05) is 54.7 Å². The van der Waals surface area contributed by atoms with Crippen LogP contribution in [0.2, 0.25) is 10.0 Å². The smallest absolute Gasteiger partial charge is 0.170 e. The molecule has 1 fully saturated rings. The van der Waals surface area contributed by atoms with Crippen LogP contribution in [0, 0.1) is 0 Å². The second-order valence-electron chi connectivity index (χ2n) is 7.44.